The van der Waals surface area contributed by atoms with Crippen LogP contribution in [0.25, 0.3) is 0 Å². The minimum atomic E-state index is -0.00813. The van der Waals surface area contributed by atoms with Crippen molar-refractivity contribution in [2.45, 2.75) is 50.9 Å². The molecule has 0 bridgehead atoms. The van der Waals surface area contributed by atoms with Crippen LogP contribution in [0.5, 0.6) is 0 Å². The number of hydrogen-bond donors (Lipinski definition) is 2. The van der Waals surface area contributed by atoms with Crippen LogP contribution in [0, 0.1) is 0 Å². The van der Waals surface area contributed by atoms with Gasteiger partial charge in [0.2, 0.25) is 5.91 Å². The Labute approximate surface area is 119 Å². The van der Waals surface area contributed by atoms with Gasteiger partial charge in [-0.3, -0.25) is 9.69 Å². The molecule has 1 amide bonds. The van der Waals surface area contributed by atoms with Gasteiger partial charge in [-0.1, -0.05) is 6.07 Å². The number of hydrogen-bond acceptors (Lipinski definition) is 3. The van der Waals surface area contributed by atoms with Crippen molar-refractivity contribution in [3.8, 4) is 0 Å². The van der Waals surface area contributed by atoms with Gasteiger partial charge in [-0.15, -0.1) is 0 Å². The maximum atomic E-state index is 12.1. The average Bonchev–Trinajstić information content (AvgIpc) is 3.00. The van der Waals surface area contributed by atoms with Crippen molar-refractivity contribution >= 4 is 11.6 Å². The zero-order chi connectivity index (χ0) is 13.5. The summed E-state index contributed by atoms with van der Waals surface area (Å²) in [7, 11) is 0. The van der Waals surface area contributed by atoms with E-state index in [1.54, 1.807) is 0 Å². The van der Waals surface area contributed by atoms with Gasteiger partial charge in [0.25, 0.3) is 0 Å². The standard InChI is InChI=1S/C16H21N3O/c20-16(15-2-1-7-17-15)18-13-4-3-11-9-19(14-5-6-14)10-12(11)8-13/h3-4,8,14-15,17H,1-2,5-7,9-10H2,(H,18,20). The zero-order valence-electron chi connectivity index (χ0n) is 11.7. The van der Waals surface area contributed by atoms with Crippen LogP contribution >= 0.6 is 0 Å². The Balaban J connectivity index is 1.45. The second-order valence-corrected chi connectivity index (χ2v) is 6.26. The second kappa shape index (κ2) is 4.86. The minimum Gasteiger partial charge on any atom is -0.325 e. The lowest BCUT2D eigenvalue weighted by atomic mass is 10.1. The molecule has 2 heterocycles. The van der Waals surface area contributed by atoms with Gasteiger partial charge in [-0.25, -0.2) is 0 Å². The number of benzene rings is 1. The molecule has 2 fully saturated rings. The molecule has 0 radical (unpaired) electrons. The van der Waals surface area contributed by atoms with E-state index in [0.717, 1.165) is 44.2 Å². The van der Waals surface area contributed by atoms with Gasteiger partial charge in [0, 0.05) is 24.8 Å². The van der Waals surface area contributed by atoms with Crippen molar-refractivity contribution < 1.29 is 4.79 Å². The Kier molecular flexibility index (Phi) is 3.00. The van der Waals surface area contributed by atoms with Crippen LogP contribution in [-0.2, 0) is 17.9 Å². The normalized spacial score (nSPS) is 25.7. The molecular formula is C16H21N3O. The molecule has 1 aromatic carbocycles. The molecule has 4 rings (SSSR count). The summed E-state index contributed by atoms with van der Waals surface area (Å²) in [4.78, 5) is 14.7. The second-order valence-electron chi connectivity index (χ2n) is 6.26. The summed E-state index contributed by atoms with van der Waals surface area (Å²) < 4.78 is 0. The topological polar surface area (TPSA) is 44.4 Å². The van der Waals surface area contributed by atoms with Gasteiger partial charge in [-0.2, -0.15) is 0 Å². The van der Waals surface area contributed by atoms with E-state index in [9.17, 15) is 4.79 Å². The lowest BCUT2D eigenvalue weighted by Crippen LogP contribution is -2.35. The zero-order valence-corrected chi connectivity index (χ0v) is 11.7. The third kappa shape index (κ3) is 2.34. The molecule has 2 N–H and O–H groups in total. The van der Waals surface area contributed by atoms with E-state index < -0.39 is 0 Å². The summed E-state index contributed by atoms with van der Waals surface area (Å²) in [5.41, 5.74) is 3.75. The first-order chi connectivity index (χ1) is 9.79. The van der Waals surface area contributed by atoms with Gasteiger partial charge < -0.3 is 10.6 Å². The summed E-state index contributed by atoms with van der Waals surface area (Å²) in [6, 6.07) is 7.18. The highest BCUT2D eigenvalue weighted by atomic mass is 16.2. The van der Waals surface area contributed by atoms with Crippen molar-refractivity contribution in [1.29, 1.82) is 0 Å². The number of nitrogens with one attached hydrogen (secondary N) is 2. The van der Waals surface area contributed by atoms with E-state index in [4.69, 9.17) is 0 Å². The van der Waals surface area contributed by atoms with Gasteiger partial charge in [0.1, 0.15) is 0 Å². The molecule has 1 unspecified atom stereocenters. The first-order valence-corrected chi connectivity index (χ1v) is 7.70. The highest BCUT2D eigenvalue weighted by Crippen LogP contribution is 2.35. The molecule has 1 saturated heterocycles. The fourth-order valence-corrected chi connectivity index (χ4v) is 3.33. The van der Waals surface area contributed by atoms with E-state index in [1.807, 2.05) is 6.07 Å². The highest BCUT2D eigenvalue weighted by Gasteiger charge is 2.33. The monoisotopic (exact) mass is 271 g/mol. The molecule has 1 aromatic rings. The molecule has 20 heavy (non-hydrogen) atoms. The molecule has 1 saturated carbocycles. The molecule has 0 spiro atoms. The Morgan fingerprint density at radius 1 is 1.20 bits per heavy atom. The number of nitrogens with zero attached hydrogens (tertiary/aromatic N) is 1. The van der Waals surface area contributed by atoms with E-state index in [-0.39, 0.29) is 11.9 Å². The van der Waals surface area contributed by atoms with Crippen molar-refractivity contribution in [2.75, 3.05) is 11.9 Å². The van der Waals surface area contributed by atoms with Gasteiger partial charge in [-0.05, 0) is 55.5 Å². The smallest absolute Gasteiger partial charge is 0.241 e. The molecule has 4 nitrogen and oxygen atoms in total. The number of amides is 1. The summed E-state index contributed by atoms with van der Waals surface area (Å²) in [6.45, 7) is 3.09. The number of anilines is 1. The molecule has 3 aliphatic rings. The third-order valence-corrected chi connectivity index (χ3v) is 4.66. The predicted octanol–water partition coefficient (Wildman–Crippen LogP) is 1.86. The van der Waals surface area contributed by atoms with E-state index in [0.29, 0.717) is 0 Å². The van der Waals surface area contributed by atoms with Crippen molar-refractivity contribution in [3.05, 3.63) is 29.3 Å². The summed E-state index contributed by atoms with van der Waals surface area (Å²) in [5, 5.41) is 6.29. The largest absolute Gasteiger partial charge is 0.325 e. The molecule has 4 heteroatoms. The fourth-order valence-electron chi connectivity index (χ4n) is 3.33. The third-order valence-electron chi connectivity index (χ3n) is 4.66. The quantitative estimate of drug-likeness (QED) is 0.882. The van der Waals surface area contributed by atoms with Crippen molar-refractivity contribution in [1.82, 2.24) is 10.2 Å². The Morgan fingerprint density at radius 3 is 2.80 bits per heavy atom. The Bertz CT molecular complexity index is 533. The summed E-state index contributed by atoms with van der Waals surface area (Å²) in [6.07, 6.45) is 4.75. The maximum Gasteiger partial charge on any atom is 0.241 e. The van der Waals surface area contributed by atoms with E-state index >= 15 is 0 Å². The first-order valence-electron chi connectivity index (χ1n) is 7.70. The SMILES string of the molecule is O=C(Nc1ccc2c(c1)CN(C1CC1)C2)C1CCCN1. The van der Waals surface area contributed by atoms with Crippen LogP contribution in [0.3, 0.4) is 0 Å². The van der Waals surface area contributed by atoms with Crippen molar-refractivity contribution in [3.63, 3.8) is 0 Å². The van der Waals surface area contributed by atoms with Gasteiger partial charge >= 0.3 is 0 Å². The van der Waals surface area contributed by atoms with Gasteiger partial charge in [0.15, 0.2) is 0 Å². The van der Waals surface area contributed by atoms with Crippen molar-refractivity contribution in [2.24, 2.45) is 0 Å². The van der Waals surface area contributed by atoms with E-state index in [2.05, 4.69) is 27.7 Å². The molecule has 0 aromatic heterocycles. The lowest BCUT2D eigenvalue weighted by molar-refractivity contribution is -0.117. The summed E-state index contributed by atoms with van der Waals surface area (Å²) in [5.74, 6) is 0.111. The molecule has 1 aliphatic carbocycles. The minimum absolute atomic E-state index is 0.00813. The van der Waals surface area contributed by atoms with Crippen LogP contribution < -0.4 is 10.6 Å². The number of rotatable bonds is 3. The van der Waals surface area contributed by atoms with E-state index in [1.165, 1.54) is 24.0 Å². The van der Waals surface area contributed by atoms with Gasteiger partial charge in [0.05, 0.1) is 6.04 Å². The van der Waals surface area contributed by atoms with Crippen LogP contribution in [0.2, 0.25) is 0 Å². The first kappa shape index (κ1) is 12.4. The molecular weight excluding hydrogens is 250 g/mol. The maximum absolute atomic E-state index is 12.1. The summed E-state index contributed by atoms with van der Waals surface area (Å²) >= 11 is 0. The Hall–Kier alpha value is -1.39. The number of carbonyl (C=O) groups excluding carboxylic acids is 1. The molecule has 106 valence electrons. The predicted molar refractivity (Wildman–Crippen MR) is 78.4 cm³/mol. The molecule has 2 aliphatic heterocycles. The van der Waals surface area contributed by atoms with Crippen LogP contribution in [-0.4, -0.2) is 29.4 Å². The Morgan fingerprint density at radius 2 is 2.05 bits per heavy atom. The lowest BCUT2D eigenvalue weighted by Gasteiger charge is -2.12. The highest BCUT2D eigenvalue weighted by molar-refractivity contribution is 5.95. The van der Waals surface area contributed by atoms with Crippen LogP contribution in [0.4, 0.5) is 5.69 Å². The number of fused-ring (bicyclic) bond motifs is 1. The average molecular weight is 271 g/mol. The molecule has 1 atom stereocenters. The number of carbonyl (C=O) groups is 1. The fraction of sp³-hybridized carbons (Fsp3) is 0.562. The van der Waals surface area contributed by atoms with Crippen LogP contribution in [0.15, 0.2) is 18.2 Å². The van der Waals surface area contributed by atoms with Crippen LogP contribution in [0.1, 0.15) is 36.8 Å².